The van der Waals surface area contributed by atoms with Crippen LogP contribution in [-0.4, -0.2) is 21.9 Å². The highest BCUT2D eigenvalue weighted by Crippen LogP contribution is 2.45. The summed E-state index contributed by atoms with van der Waals surface area (Å²) in [5.74, 6) is 0.921. The average Bonchev–Trinajstić information content (AvgIpc) is 2.92. The Morgan fingerprint density at radius 1 is 1.56 bits per heavy atom. The van der Waals surface area contributed by atoms with Crippen LogP contribution < -0.4 is 5.32 Å². The zero-order chi connectivity index (χ0) is 11.2. The van der Waals surface area contributed by atoms with Crippen molar-refractivity contribution in [3.63, 3.8) is 0 Å². The maximum Gasteiger partial charge on any atom is 0.0596 e. The molecule has 2 heterocycles. The molecule has 2 aliphatic rings. The topological polar surface area (TPSA) is 29.9 Å². The van der Waals surface area contributed by atoms with Crippen LogP contribution in [0.4, 0.5) is 0 Å². The van der Waals surface area contributed by atoms with Gasteiger partial charge in [0.2, 0.25) is 0 Å². The molecule has 1 unspecified atom stereocenters. The summed E-state index contributed by atoms with van der Waals surface area (Å²) in [5, 5.41) is 8.23. The molecule has 1 aliphatic carbocycles. The van der Waals surface area contributed by atoms with Crippen LogP contribution >= 0.6 is 0 Å². The average molecular weight is 219 g/mol. The summed E-state index contributed by atoms with van der Waals surface area (Å²) in [4.78, 5) is 0. The van der Waals surface area contributed by atoms with Crippen molar-refractivity contribution in [3.8, 4) is 0 Å². The fourth-order valence-corrected chi connectivity index (χ4v) is 3.26. The van der Waals surface area contributed by atoms with Crippen LogP contribution in [0.25, 0.3) is 0 Å². The molecule has 0 amide bonds. The molecule has 2 fully saturated rings. The molecule has 1 saturated heterocycles. The number of aryl methyl sites for hydroxylation is 2. The van der Waals surface area contributed by atoms with E-state index < -0.39 is 0 Å². The van der Waals surface area contributed by atoms with E-state index in [2.05, 4.69) is 35.1 Å². The number of rotatable bonds is 3. The molecule has 1 aliphatic heterocycles. The Kier molecular flexibility index (Phi) is 2.32. The Hall–Kier alpha value is -0.830. The standard InChI is InChI=1S/C13H21N3/c1-10-8-12(16(2)15-10)9-13(11-4-5-11)6-3-7-14-13/h8,11,14H,3-7,9H2,1-2H3. The van der Waals surface area contributed by atoms with Gasteiger partial charge < -0.3 is 5.32 Å². The number of nitrogens with zero attached hydrogens (tertiary/aromatic N) is 2. The van der Waals surface area contributed by atoms with Gasteiger partial charge >= 0.3 is 0 Å². The second-order valence-electron chi connectivity index (χ2n) is 5.54. The lowest BCUT2D eigenvalue weighted by Gasteiger charge is -2.29. The van der Waals surface area contributed by atoms with Crippen LogP contribution in [0.15, 0.2) is 6.07 Å². The Balaban J connectivity index is 1.83. The van der Waals surface area contributed by atoms with Crippen molar-refractivity contribution in [2.45, 2.75) is 44.6 Å². The molecule has 0 radical (unpaired) electrons. The first-order chi connectivity index (χ1) is 7.70. The van der Waals surface area contributed by atoms with Gasteiger partial charge in [-0.05, 0) is 51.1 Å². The number of aromatic nitrogens is 2. The lowest BCUT2D eigenvalue weighted by molar-refractivity contribution is 0.316. The van der Waals surface area contributed by atoms with E-state index in [-0.39, 0.29) is 0 Å². The summed E-state index contributed by atoms with van der Waals surface area (Å²) in [7, 11) is 2.07. The van der Waals surface area contributed by atoms with Crippen LogP contribution in [-0.2, 0) is 13.5 Å². The summed E-state index contributed by atoms with van der Waals surface area (Å²) >= 11 is 0. The third kappa shape index (κ3) is 1.67. The lowest BCUT2D eigenvalue weighted by atomic mass is 9.86. The van der Waals surface area contributed by atoms with Gasteiger partial charge in [0.1, 0.15) is 0 Å². The van der Waals surface area contributed by atoms with Crippen molar-refractivity contribution in [2.75, 3.05) is 6.54 Å². The van der Waals surface area contributed by atoms with Crippen LogP contribution in [0.2, 0.25) is 0 Å². The van der Waals surface area contributed by atoms with Crippen molar-refractivity contribution >= 4 is 0 Å². The predicted molar refractivity (Wildman–Crippen MR) is 64.3 cm³/mol. The number of hydrogen-bond acceptors (Lipinski definition) is 2. The maximum absolute atomic E-state index is 4.45. The summed E-state index contributed by atoms with van der Waals surface area (Å²) in [6.45, 7) is 3.28. The highest BCUT2D eigenvalue weighted by Gasteiger charge is 2.46. The van der Waals surface area contributed by atoms with Gasteiger partial charge in [0.05, 0.1) is 5.69 Å². The first kappa shape index (κ1) is 10.3. The van der Waals surface area contributed by atoms with E-state index in [1.165, 1.54) is 37.9 Å². The Bertz CT molecular complexity index is 384. The van der Waals surface area contributed by atoms with E-state index >= 15 is 0 Å². The summed E-state index contributed by atoms with van der Waals surface area (Å²) in [5.41, 5.74) is 2.93. The van der Waals surface area contributed by atoms with Gasteiger partial charge in [0.25, 0.3) is 0 Å². The minimum absolute atomic E-state index is 0.403. The predicted octanol–water partition coefficient (Wildman–Crippen LogP) is 1.80. The van der Waals surface area contributed by atoms with Crippen molar-refractivity contribution in [1.29, 1.82) is 0 Å². The number of nitrogens with one attached hydrogen (secondary N) is 1. The van der Waals surface area contributed by atoms with Gasteiger partial charge in [0, 0.05) is 24.7 Å². The van der Waals surface area contributed by atoms with E-state index in [9.17, 15) is 0 Å². The smallest absolute Gasteiger partial charge is 0.0596 e. The molecule has 16 heavy (non-hydrogen) atoms. The number of hydrogen-bond donors (Lipinski definition) is 1. The van der Waals surface area contributed by atoms with Crippen LogP contribution in [0.5, 0.6) is 0 Å². The summed E-state index contributed by atoms with van der Waals surface area (Å²) < 4.78 is 2.06. The van der Waals surface area contributed by atoms with E-state index in [1.807, 2.05) is 0 Å². The zero-order valence-electron chi connectivity index (χ0n) is 10.3. The normalized spacial score (nSPS) is 29.9. The third-order valence-corrected chi connectivity index (χ3v) is 4.23. The zero-order valence-corrected chi connectivity index (χ0v) is 10.3. The van der Waals surface area contributed by atoms with Gasteiger partial charge in [-0.25, -0.2) is 0 Å². The van der Waals surface area contributed by atoms with E-state index in [4.69, 9.17) is 0 Å². The molecule has 1 atom stereocenters. The van der Waals surface area contributed by atoms with Gasteiger partial charge in [-0.2, -0.15) is 5.10 Å². The van der Waals surface area contributed by atoms with Crippen molar-refractivity contribution in [1.82, 2.24) is 15.1 Å². The Morgan fingerprint density at radius 3 is 2.88 bits per heavy atom. The molecule has 3 rings (SSSR count). The van der Waals surface area contributed by atoms with E-state index in [0.29, 0.717) is 5.54 Å². The largest absolute Gasteiger partial charge is 0.311 e. The highest BCUT2D eigenvalue weighted by atomic mass is 15.3. The molecule has 0 bridgehead atoms. The lowest BCUT2D eigenvalue weighted by Crippen LogP contribution is -2.44. The van der Waals surface area contributed by atoms with E-state index in [0.717, 1.165) is 18.0 Å². The van der Waals surface area contributed by atoms with Crippen LogP contribution in [0.3, 0.4) is 0 Å². The molecule has 1 aromatic rings. The maximum atomic E-state index is 4.45. The fourth-order valence-electron chi connectivity index (χ4n) is 3.26. The van der Waals surface area contributed by atoms with E-state index in [1.54, 1.807) is 0 Å². The fraction of sp³-hybridized carbons (Fsp3) is 0.769. The first-order valence-corrected chi connectivity index (χ1v) is 6.44. The molecule has 0 aromatic carbocycles. The van der Waals surface area contributed by atoms with Crippen LogP contribution in [0, 0.1) is 12.8 Å². The monoisotopic (exact) mass is 219 g/mol. The molecule has 1 aromatic heterocycles. The highest BCUT2D eigenvalue weighted by molar-refractivity contribution is 5.16. The first-order valence-electron chi connectivity index (χ1n) is 6.44. The van der Waals surface area contributed by atoms with Crippen molar-refractivity contribution < 1.29 is 0 Å². The van der Waals surface area contributed by atoms with Crippen molar-refractivity contribution in [2.24, 2.45) is 13.0 Å². The Labute approximate surface area is 97.2 Å². The molecule has 3 nitrogen and oxygen atoms in total. The molecule has 3 heteroatoms. The molecule has 1 N–H and O–H groups in total. The van der Waals surface area contributed by atoms with Gasteiger partial charge in [-0.15, -0.1) is 0 Å². The SMILES string of the molecule is Cc1cc(CC2(C3CC3)CCCN2)n(C)n1. The summed E-state index contributed by atoms with van der Waals surface area (Å²) in [6, 6.07) is 2.24. The molecular weight excluding hydrogens is 198 g/mol. The van der Waals surface area contributed by atoms with Gasteiger partial charge in [0.15, 0.2) is 0 Å². The molecule has 88 valence electrons. The van der Waals surface area contributed by atoms with Crippen LogP contribution in [0.1, 0.15) is 37.1 Å². The molecular formula is C13H21N3. The molecule has 0 spiro atoms. The Morgan fingerprint density at radius 2 is 2.38 bits per heavy atom. The second kappa shape index (κ2) is 3.59. The van der Waals surface area contributed by atoms with Crippen molar-refractivity contribution in [3.05, 3.63) is 17.5 Å². The third-order valence-electron chi connectivity index (χ3n) is 4.23. The van der Waals surface area contributed by atoms with Gasteiger partial charge in [-0.3, -0.25) is 4.68 Å². The second-order valence-corrected chi connectivity index (χ2v) is 5.54. The van der Waals surface area contributed by atoms with Gasteiger partial charge in [-0.1, -0.05) is 0 Å². The minimum Gasteiger partial charge on any atom is -0.311 e. The quantitative estimate of drug-likeness (QED) is 0.840. The summed E-state index contributed by atoms with van der Waals surface area (Å²) in [6.07, 6.45) is 6.69. The molecule has 1 saturated carbocycles. The minimum atomic E-state index is 0.403.